The second-order valence-electron chi connectivity index (χ2n) is 9.37. The van der Waals surface area contributed by atoms with E-state index in [1.165, 1.54) is 25.3 Å². The first kappa shape index (κ1) is 21.5. The molecule has 0 spiro atoms. The van der Waals surface area contributed by atoms with E-state index in [0.717, 1.165) is 35.4 Å². The highest BCUT2D eigenvalue weighted by Crippen LogP contribution is 2.34. The number of benzene rings is 1. The molecule has 0 amide bonds. The van der Waals surface area contributed by atoms with E-state index in [1.807, 2.05) is 18.2 Å². The maximum atomic E-state index is 15.1. The van der Waals surface area contributed by atoms with Gasteiger partial charge in [-0.3, -0.25) is 10.1 Å². The largest absolute Gasteiger partial charge is 0.382 e. The van der Waals surface area contributed by atoms with E-state index < -0.39 is 0 Å². The first-order chi connectivity index (χ1) is 17.1. The molecule has 4 aromatic heterocycles. The van der Waals surface area contributed by atoms with Gasteiger partial charge in [0.05, 0.1) is 16.9 Å². The molecule has 0 atom stereocenters. The minimum Gasteiger partial charge on any atom is -0.382 e. The first-order valence-corrected chi connectivity index (χ1v) is 12.1. The summed E-state index contributed by atoms with van der Waals surface area (Å²) in [5.41, 5.74) is 5.91. The Balaban J connectivity index is 1.44. The number of nitrogens with zero attached hydrogens (tertiary/aromatic N) is 5. The highest BCUT2D eigenvalue weighted by atomic mass is 19.1. The van der Waals surface area contributed by atoms with Gasteiger partial charge in [-0.15, -0.1) is 0 Å². The van der Waals surface area contributed by atoms with Crippen molar-refractivity contribution in [3.05, 3.63) is 48.7 Å². The molecule has 0 unspecified atom stereocenters. The Morgan fingerprint density at radius 3 is 2.77 bits per heavy atom. The summed E-state index contributed by atoms with van der Waals surface area (Å²) in [6, 6.07) is 7.48. The fourth-order valence-corrected chi connectivity index (χ4v) is 4.85. The molecule has 0 aliphatic carbocycles. The van der Waals surface area contributed by atoms with Gasteiger partial charge < -0.3 is 15.2 Å². The van der Waals surface area contributed by atoms with Gasteiger partial charge in [0.25, 0.3) is 0 Å². The summed E-state index contributed by atoms with van der Waals surface area (Å²) in [5, 5.41) is 11.5. The van der Waals surface area contributed by atoms with Crippen LogP contribution in [-0.2, 0) is 0 Å². The summed E-state index contributed by atoms with van der Waals surface area (Å²) in [6.45, 7) is 6.16. The SMILES string of the molecule is CC(C)Nc1cncc(-c2cc3c(-c4nc5nccc(N6CCCCC6)c5[nH]4)n[nH]c3cc2F)c1. The number of aromatic amines is 2. The minimum absolute atomic E-state index is 0.247. The summed E-state index contributed by atoms with van der Waals surface area (Å²) in [4.78, 5) is 19.4. The lowest BCUT2D eigenvalue weighted by molar-refractivity contribution is 0.578. The molecule has 178 valence electrons. The second kappa shape index (κ2) is 8.65. The molecular weight excluding hydrogens is 443 g/mol. The number of pyridine rings is 2. The van der Waals surface area contributed by atoms with Gasteiger partial charge in [-0.05, 0) is 51.3 Å². The van der Waals surface area contributed by atoms with Crippen molar-refractivity contribution in [2.45, 2.75) is 39.2 Å². The van der Waals surface area contributed by atoms with Crippen LogP contribution in [-0.4, -0.2) is 49.3 Å². The molecule has 5 heterocycles. The van der Waals surface area contributed by atoms with E-state index in [2.05, 4.69) is 49.2 Å². The molecule has 1 fully saturated rings. The van der Waals surface area contributed by atoms with Crippen molar-refractivity contribution < 1.29 is 4.39 Å². The first-order valence-electron chi connectivity index (χ1n) is 12.1. The number of nitrogens with one attached hydrogen (secondary N) is 3. The summed E-state index contributed by atoms with van der Waals surface area (Å²) < 4.78 is 15.1. The Hall–Kier alpha value is -4.01. The van der Waals surface area contributed by atoms with Crippen LogP contribution in [0, 0.1) is 5.82 Å². The number of piperidine rings is 1. The van der Waals surface area contributed by atoms with Crippen LogP contribution in [0.25, 0.3) is 44.7 Å². The Morgan fingerprint density at radius 2 is 1.94 bits per heavy atom. The van der Waals surface area contributed by atoms with Crippen molar-refractivity contribution in [1.82, 2.24) is 30.1 Å². The Kier molecular flexibility index (Phi) is 5.32. The average Bonchev–Trinajstić information content (AvgIpc) is 3.47. The van der Waals surface area contributed by atoms with Gasteiger partial charge in [-0.1, -0.05) is 0 Å². The molecule has 8 nitrogen and oxygen atoms in total. The van der Waals surface area contributed by atoms with Gasteiger partial charge in [-0.25, -0.2) is 14.4 Å². The fourth-order valence-electron chi connectivity index (χ4n) is 4.85. The zero-order valence-corrected chi connectivity index (χ0v) is 19.8. The van der Waals surface area contributed by atoms with Crippen molar-refractivity contribution in [2.24, 2.45) is 0 Å². The predicted molar refractivity (Wildman–Crippen MR) is 137 cm³/mol. The zero-order valence-electron chi connectivity index (χ0n) is 19.8. The van der Waals surface area contributed by atoms with E-state index in [0.29, 0.717) is 33.8 Å². The zero-order chi connectivity index (χ0) is 23.9. The van der Waals surface area contributed by atoms with Gasteiger partial charge in [0, 0.05) is 60.3 Å². The number of aromatic nitrogens is 6. The maximum Gasteiger partial charge on any atom is 0.180 e. The topological polar surface area (TPSA) is 98.4 Å². The Bertz CT molecular complexity index is 1510. The molecule has 1 aliphatic rings. The molecule has 1 saturated heterocycles. The van der Waals surface area contributed by atoms with Crippen LogP contribution in [0.1, 0.15) is 33.1 Å². The third-order valence-corrected chi connectivity index (χ3v) is 6.45. The highest BCUT2D eigenvalue weighted by molar-refractivity contribution is 5.97. The van der Waals surface area contributed by atoms with Crippen LogP contribution < -0.4 is 10.2 Å². The van der Waals surface area contributed by atoms with Gasteiger partial charge in [0.2, 0.25) is 0 Å². The molecule has 3 N–H and O–H groups in total. The third kappa shape index (κ3) is 3.96. The number of anilines is 2. The summed E-state index contributed by atoms with van der Waals surface area (Å²) in [6.07, 6.45) is 8.86. The number of hydrogen-bond acceptors (Lipinski definition) is 6. The molecule has 5 aromatic rings. The van der Waals surface area contributed by atoms with Crippen LogP contribution in [0.4, 0.5) is 15.8 Å². The molecular formula is C26H27FN8. The minimum atomic E-state index is -0.338. The molecule has 0 saturated carbocycles. The quantitative estimate of drug-likeness (QED) is 0.313. The van der Waals surface area contributed by atoms with Crippen LogP contribution in [0.5, 0.6) is 0 Å². The lowest BCUT2D eigenvalue weighted by Crippen LogP contribution is -2.29. The lowest BCUT2D eigenvalue weighted by Gasteiger charge is -2.28. The van der Waals surface area contributed by atoms with Crippen LogP contribution >= 0.6 is 0 Å². The molecule has 35 heavy (non-hydrogen) atoms. The van der Waals surface area contributed by atoms with Crippen molar-refractivity contribution in [3.63, 3.8) is 0 Å². The number of imidazole rings is 1. The van der Waals surface area contributed by atoms with Crippen LogP contribution in [0.2, 0.25) is 0 Å². The van der Waals surface area contributed by atoms with Gasteiger partial charge >= 0.3 is 0 Å². The number of fused-ring (bicyclic) bond motifs is 2. The number of halogens is 1. The number of rotatable bonds is 5. The van der Waals surface area contributed by atoms with Crippen LogP contribution in [0.3, 0.4) is 0 Å². The van der Waals surface area contributed by atoms with Gasteiger partial charge in [-0.2, -0.15) is 5.10 Å². The van der Waals surface area contributed by atoms with Gasteiger partial charge in [0.15, 0.2) is 11.5 Å². The molecule has 6 rings (SSSR count). The van der Waals surface area contributed by atoms with E-state index in [9.17, 15) is 0 Å². The normalized spacial score (nSPS) is 14.3. The maximum absolute atomic E-state index is 15.1. The summed E-state index contributed by atoms with van der Waals surface area (Å²) >= 11 is 0. The predicted octanol–water partition coefficient (Wildman–Crippen LogP) is 5.51. The van der Waals surface area contributed by atoms with Crippen molar-refractivity contribution in [3.8, 4) is 22.6 Å². The van der Waals surface area contributed by atoms with E-state index in [-0.39, 0.29) is 11.9 Å². The standard InChI is InChI=1S/C26H27FN8/c1-15(2)30-17-10-16(13-28-14-17)18-11-19-21(12-20(18)27)33-34-23(19)26-31-24-22(6-7-29-25(24)32-26)35-8-4-3-5-9-35/h6-7,10-15,30H,3-5,8-9H2,1-2H3,(H,33,34)(H,29,31,32). The Morgan fingerprint density at radius 1 is 1.09 bits per heavy atom. The van der Waals surface area contributed by atoms with E-state index in [4.69, 9.17) is 4.98 Å². The fraction of sp³-hybridized carbons (Fsp3) is 0.308. The number of H-pyrrole nitrogens is 2. The highest BCUT2D eigenvalue weighted by Gasteiger charge is 2.20. The van der Waals surface area contributed by atoms with Crippen molar-refractivity contribution in [2.75, 3.05) is 23.3 Å². The lowest BCUT2D eigenvalue weighted by atomic mass is 10.0. The summed E-state index contributed by atoms with van der Waals surface area (Å²) in [5.74, 6) is 0.268. The molecule has 9 heteroatoms. The molecule has 1 aromatic carbocycles. The average molecular weight is 471 g/mol. The number of hydrogen-bond donors (Lipinski definition) is 3. The van der Waals surface area contributed by atoms with Crippen molar-refractivity contribution >= 4 is 33.4 Å². The molecule has 1 aliphatic heterocycles. The van der Waals surface area contributed by atoms with E-state index in [1.54, 1.807) is 18.6 Å². The van der Waals surface area contributed by atoms with E-state index >= 15 is 4.39 Å². The molecule has 0 radical (unpaired) electrons. The smallest absolute Gasteiger partial charge is 0.180 e. The van der Waals surface area contributed by atoms with Crippen LogP contribution in [0.15, 0.2) is 42.9 Å². The second-order valence-corrected chi connectivity index (χ2v) is 9.37. The molecule has 0 bridgehead atoms. The monoisotopic (exact) mass is 470 g/mol. The Labute approximate surface area is 202 Å². The summed E-state index contributed by atoms with van der Waals surface area (Å²) in [7, 11) is 0. The van der Waals surface area contributed by atoms with Crippen molar-refractivity contribution in [1.29, 1.82) is 0 Å². The van der Waals surface area contributed by atoms with Gasteiger partial charge in [0.1, 0.15) is 17.0 Å². The third-order valence-electron chi connectivity index (χ3n) is 6.45.